The molecule has 0 spiro atoms. The van der Waals surface area contributed by atoms with Crippen LogP contribution in [0.1, 0.15) is 21.3 Å². The number of hydrogen-bond acceptors (Lipinski definition) is 4. The van der Waals surface area contributed by atoms with Crippen molar-refractivity contribution in [2.75, 3.05) is 0 Å². The number of halogens is 2. The molecule has 8 heteroatoms. The smallest absolute Gasteiger partial charge is 0.331 e. The van der Waals surface area contributed by atoms with Crippen molar-refractivity contribution in [3.8, 4) is 0 Å². The van der Waals surface area contributed by atoms with Crippen LogP contribution in [0.4, 0.5) is 0 Å². The molecule has 0 aliphatic heterocycles. The normalized spacial score (nSPS) is 12.1. The summed E-state index contributed by atoms with van der Waals surface area (Å²) in [5, 5.41) is 13.5. The zero-order valence-corrected chi connectivity index (χ0v) is 14.0. The number of carboxylic acids is 1. The van der Waals surface area contributed by atoms with Crippen LogP contribution < -0.4 is 5.32 Å². The summed E-state index contributed by atoms with van der Waals surface area (Å²) in [6.45, 7) is 0. The number of amides is 1. The summed E-state index contributed by atoms with van der Waals surface area (Å²) in [6.07, 6.45) is 0. The fraction of sp³-hybridized carbons (Fsp3) is 0.0909. The van der Waals surface area contributed by atoms with Crippen LogP contribution in [-0.2, 0) is 4.79 Å². The van der Waals surface area contributed by atoms with Crippen molar-refractivity contribution in [2.24, 2.45) is 0 Å². The SMILES string of the molecule is O=C(NC(C(=O)O)c1cccs1)c1cc(Br)sc1Br. The van der Waals surface area contributed by atoms with Crippen LogP contribution in [0.5, 0.6) is 0 Å². The van der Waals surface area contributed by atoms with Gasteiger partial charge in [-0.2, -0.15) is 0 Å². The molecule has 1 atom stereocenters. The molecule has 0 fully saturated rings. The first kappa shape index (κ1) is 14.7. The third-order valence-electron chi connectivity index (χ3n) is 2.25. The maximum atomic E-state index is 12.1. The second kappa shape index (κ2) is 6.17. The van der Waals surface area contributed by atoms with Gasteiger partial charge in [-0.3, -0.25) is 4.79 Å². The Morgan fingerprint density at radius 1 is 1.37 bits per heavy atom. The van der Waals surface area contributed by atoms with Gasteiger partial charge in [0.05, 0.1) is 13.1 Å². The van der Waals surface area contributed by atoms with E-state index in [1.807, 2.05) is 0 Å². The molecule has 2 aromatic heterocycles. The van der Waals surface area contributed by atoms with Crippen LogP contribution in [0.15, 0.2) is 31.2 Å². The first-order valence-electron chi connectivity index (χ1n) is 5.01. The molecule has 0 aliphatic rings. The lowest BCUT2D eigenvalue weighted by molar-refractivity contribution is -0.139. The number of carboxylic acid groups (broad SMARTS) is 1. The zero-order chi connectivity index (χ0) is 14.0. The van der Waals surface area contributed by atoms with E-state index in [1.165, 1.54) is 22.7 Å². The van der Waals surface area contributed by atoms with Gasteiger partial charge in [0, 0.05) is 4.88 Å². The standard InChI is InChI=1S/C11H7Br2NO3S2/c12-7-4-5(9(13)19-7)10(15)14-8(11(16)17)6-2-1-3-18-6/h1-4,8H,(H,14,15)(H,16,17). The third kappa shape index (κ3) is 3.44. The van der Waals surface area contributed by atoms with Gasteiger partial charge in [-0.25, -0.2) is 4.79 Å². The van der Waals surface area contributed by atoms with Crippen molar-refractivity contribution in [2.45, 2.75) is 6.04 Å². The van der Waals surface area contributed by atoms with Crippen LogP contribution in [0.25, 0.3) is 0 Å². The van der Waals surface area contributed by atoms with Crippen molar-refractivity contribution in [3.05, 3.63) is 41.6 Å². The lowest BCUT2D eigenvalue weighted by atomic mass is 10.2. The summed E-state index contributed by atoms with van der Waals surface area (Å²) in [5.41, 5.74) is 0.416. The van der Waals surface area contributed by atoms with E-state index >= 15 is 0 Å². The van der Waals surface area contributed by atoms with Gasteiger partial charge in [0.15, 0.2) is 6.04 Å². The lowest BCUT2D eigenvalue weighted by Crippen LogP contribution is -2.33. The van der Waals surface area contributed by atoms with Gasteiger partial charge in [-0.15, -0.1) is 22.7 Å². The van der Waals surface area contributed by atoms with Gasteiger partial charge in [-0.05, 0) is 49.4 Å². The molecule has 2 aromatic rings. The maximum absolute atomic E-state index is 12.1. The number of carbonyl (C=O) groups excluding carboxylic acids is 1. The fourth-order valence-electron chi connectivity index (χ4n) is 1.41. The molecule has 100 valence electrons. The topological polar surface area (TPSA) is 66.4 Å². The van der Waals surface area contributed by atoms with Gasteiger partial charge in [0.1, 0.15) is 0 Å². The van der Waals surface area contributed by atoms with Crippen molar-refractivity contribution in [1.82, 2.24) is 5.32 Å². The molecule has 0 aliphatic carbocycles. The summed E-state index contributed by atoms with van der Waals surface area (Å²) >= 11 is 9.21. The van der Waals surface area contributed by atoms with Crippen LogP contribution >= 0.6 is 54.5 Å². The van der Waals surface area contributed by atoms with Crippen LogP contribution in [0.3, 0.4) is 0 Å². The molecular formula is C11H7Br2NO3S2. The highest BCUT2D eigenvalue weighted by Gasteiger charge is 2.25. The van der Waals surface area contributed by atoms with E-state index in [9.17, 15) is 14.7 Å². The first-order valence-corrected chi connectivity index (χ1v) is 8.29. The van der Waals surface area contributed by atoms with Crippen LogP contribution in [0.2, 0.25) is 0 Å². The van der Waals surface area contributed by atoms with E-state index in [0.29, 0.717) is 14.2 Å². The van der Waals surface area contributed by atoms with Gasteiger partial charge < -0.3 is 10.4 Å². The number of thiophene rings is 2. The first-order chi connectivity index (χ1) is 8.99. The summed E-state index contributed by atoms with van der Waals surface area (Å²) in [4.78, 5) is 23.9. The monoisotopic (exact) mass is 423 g/mol. The molecule has 4 nitrogen and oxygen atoms in total. The van der Waals surface area contributed by atoms with Crippen LogP contribution in [-0.4, -0.2) is 17.0 Å². The predicted molar refractivity (Wildman–Crippen MR) is 81.9 cm³/mol. The van der Waals surface area contributed by atoms with E-state index in [0.717, 1.165) is 3.79 Å². The van der Waals surface area contributed by atoms with E-state index in [4.69, 9.17) is 0 Å². The molecule has 1 unspecified atom stereocenters. The third-order valence-corrected chi connectivity index (χ3v) is 5.53. The van der Waals surface area contributed by atoms with E-state index < -0.39 is 17.9 Å². The number of aliphatic carboxylic acids is 1. The fourth-order valence-corrected chi connectivity index (χ4v) is 4.97. The highest BCUT2D eigenvalue weighted by molar-refractivity contribution is 9.12. The van der Waals surface area contributed by atoms with Gasteiger partial charge in [0.25, 0.3) is 5.91 Å². The van der Waals surface area contributed by atoms with Crippen LogP contribution in [0, 0.1) is 0 Å². The second-order valence-electron chi connectivity index (χ2n) is 3.50. The molecular weight excluding hydrogens is 418 g/mol. The number of nitrogens with one attached hydrogen (secondary N) is 1. The number of hydrogen-bond donors (Lipinski definition) is 2. The predicted octanol–water partition coefficient (Wildman–Crippen LogP) is 3.89. The molecule has 0 radical (unpaired) electrons. The van der Waals surface area contributed by atoms with E-state index in [1.54, 1.807) is 23.6 Å². The average molecular weight is 425 g/mol. The Kier molecular flexibility index (Phi) is 4.77. The summed E-state index contributed by atoms with van der Waals surface area (Å²) in [5.74, 6) is -1.50. The minimum Gasteiger partial charge on any atom is -0.479 e. The molecule has 0 aromatic carbocycles. The average Bonchev–Trinajstić information content (AvgIpc) is 2.95. The Labute approximate surface area is 133 Å². The summed E-state index contributed by atoms with van der Waals surface area (Å²) in [6, 6.07) is 4.05. The van der Waals surface area contributed by atoms with Crippen molar-refractivity contribution >= 4 is 66.4 Å². The Hall–Kier alpha value is -0.700. The molecule has 2 rings (SSSR count). The molecule has 0 saturated heterocycles. The van der Waals surface area contributed by atoms with Gasteiger partial charge in [-0.1, -0.05) is 6.07 Å². The lowest BCUT2D eigenvalue weighted by Gasteiger charge is -2.12. The largest absolute Gasteiger partial charge is 0.479 e. The quantitative estimate of drug-likeness (QED) is 0.782. The van der Waals surface area contributed by atoms with Crippen molar-refractivity contribution in [3.63, 3.8) is 0 Å². The van der Waals surface area contributed by atoms with Gasteiger partial charge >= 0.3 is 5.97 Å². The molecule has 2 heterocycles. The minimum atomic E-state index is -1.08. The molecule has 2 N–H and O–H groups in total. The second-order valence-corrected chi connectivity index (χ2v) is 8.23. The Morgan fingerprint density at radius 3 is 2.58 bits per heavy atom. The summed E-state index contributed by atoms with van der Waals surface area (Å²) < 4.78 is 1.46. The summed E-state index contributed by atoms with van der Waals surface area (Å²) in [7, 11) is 0. The maximum Gasteiger partial charge on any atom is 0.331 e. The van der Waals surface area contributed by atoms with Crippen molar-refractivity contribution < 1.29 is 14.7 Å². The number of rotatable bonds is 4. The Balaban J connectivity index is 2.21. The number of carbonyl (C=O) groups is 2. The van der Waals surface area contributed by atoms with Gasteiger partial charge in [0.2, 0.25) is 0 Å². The zero-order valence-electron chi connectivity index (χ0n) is 9.22. The highest BCUT2D eigenvalue weighted by Crippen LogP contribution is 2.32. The molecule has 0 bridgehead atoms. The highest BCUT2D eigenvalue weighted by atomic mass is 79.9. The van der Waals surface area contributed by atoms with Crippen molar-refractivity contribution in [1.29, 1.82) is 0 Å². The Morgan fingerprint density at radius 2 is 2.11 bits per heavy atom. The Bertz CT molecular complexity index is 609. The molecule has 1 amide bonds. The molecule has 19 heavy (non-hydrogen) atoms. The van der Waals surface area contributed by atoms with E-state index in [-0.39, 0.29) is 0 Å². The molecule has 0 saturated carbocycles. The van der Waals surface area contributed by atoms with E-state index in [2.05, 4.69) is 37.2 Å². The minimum absolute atomic E-state index is 0.416.